The third-order valence-electron chi connectivity index (χ3n) is 3.20. The van der Waals surface area contributed by atoms with E-state index in [4.69, 9.17) is 9.47 Å². The van der Waals surface area contributed by atoms with Crippen LogP contribution in [0.1, 0.15) is 12.6 Å². The summed E-state index contributed by atoms with van der Waals surface area (Å²) in [5.41, 5.74) is 0.628. The van der Waals surface area contributed by atoms with Crippen LogP contribution in [0.4, 0.5) is 0 Å². The van der Waals surface area contributed by atoms with Crippen molar-refractivity contribution in [1.29, 1.82) is 0 Å². The third kappa shape index (κ3) is 3.18. The number of aromatic nitrogens is 3. The van der Waals surface area contributed by atoms with Crippen molar-refractivity contribution in [2.45, 2.75) is 22.6 Å². The van der Waals surface area contributed by atoms with E-state index in [0.717, 1.165) is 21.3 Å². The van der Waals surface area contributed by atoms with Crippen LogP contribution in [0.5, 0.6) is 11.5 Å². The maximum Gasteiger partial charge on any atom is 0.275 e. The molecule has 120 valence electrons. The zero-order valence-electron chi connectivity index (χ0n) is 12.9. The molecule has 0 bridgehead atoms. The van der Waals surface area contributed by atoms with Crippen molar-refractivity contribution >= 4 is 28.1 Å². The molecule has 0 saturated heterocycles. The normalized spacial score (nSPS) is 10.9. The SMILES string of the molecule is CCc1cc(=O)n2nc(Sc3ccc(OC)c(OC)c3)sc2n1. The molecule has 0 atom stereocenters. The van der Waals surface area contributed by atoms with Gasteiger partial charge in [0.05, 0.1) is 14.2 Å². The van der Waals surface area contributed by atoms with Crippen LogP contribution < -0.4 is 15.0 Å². The number of hydrogen-bond acceptors (Lipinski definition) is 7. The van der Waals surface area contributed by atoms with Gasteiger partial charge < -0.3 is 9.47 Å². The highest BCUT2D eigenvalue weighted by Crippen LogP contribution is 2.36. The van der Waals surface area contributed by atoms with Crippen molar-refractivity contribution in [3.63, 3.8) is 0 Å². The lowest BCUT2D eigenvalue weighted by molar-refractivity contribution is 0.354. The van der Waals surface area contributed by atoms with E-state index in [1.54, 1.807) is 14.2 Å². The van der Waals surface area contributed by atoms with Gasteiger partial charge >= 0.3 is 0 Å². The van der Waals surface area contributed by atoms with Crippen LogP contribution >= 0.6 is 23.1 Å². The minimum absolute atomic E-state index is 0.151. The van der Waals surface area contributed by atoms with Gasteiger partial charge in [0, 0.05) is 16.7 Å². The molecular weight excluding hydrogens is 334 g/mol. The van der Waals surface area contributed by atoms with E-state index in [1.807, 2.05) is 25.1 Å². The molecule has 1 aromatic carbocycles. The Morgan fingerprint density at radius 2 is 2.00 bits per heavy atom. The lowest BCUT2D eigenvalue weighted by Gasteiger charge is -2.08. The average molecular weight is 349 g/mol. The summed E-state index contributed by atoms with van der Waals surface area (Å²) >= 11 is 2.85. The molecule has 3 aromatic rings. The fraction of sp³-hybridized carbons (Fsp3) is 0.267. The Morgan fingerprint density at radius 1 is 1.22 bits per heavy atom. The van der Waals surface area contributed by atoms with E-state index in [1.165, 1.54) is 33.7 Å². The van der Waals surface area contributed by atoms with E-state index >= 15 is 0 Å². The molecule has 0 spiro atoms. The predicted octanol–water partition coefficient (Wildman–Crippen LogP) is 2.88. The number of fused-ring (bicyclic) bond motifs is 1. The number of rotatable bonds is 5. The van der Waals surface area contributed by atoms with Gasteiger partial charge in [-0.3, -0.25) is 4.79 Å². The summed E-state index contributed by atoms with van der Waals surface area (Å²) in [7, 11) is 3.20. The molecule has 0 unspecified atom stereocenters. The quantitative estimate of drug-likeness (QED) is 0.706. The first-order chi connectivity index (χ1) is 11.1. The second-order valence-electron chi connectivity index (χ2n) is 4.62. The lowest BCUT2D eigenvalue weighted by atomic mass is 10.3. The molecule has 0 fully saturated rings. The minimum Gasteiger partial charge on any atom is -0.493 e. The molecule has 23 heavy (non-hydrogen) atoms. The molecule has 3 rings (SSSR count). The Morgan fingerprint density at radius 3 is 2.70 bits per heavy atom. The van der Waals surface area contributed by atoms with E-state index in [2.05, 4.69) is 10.1 Å². The summed E-state index contributed by atoms with van der Waals surface area (Å²) in [5.74, 6) is 1.33. The van der Waals surface area contributed by atoms with Gasteiger partial charge in [-0.1, -0.05) is 30.0 Å². The number of hydrogen-bond donors (Lipinski definition) is 0. The molecule has 0 amide bonds. The summed E-state index contributed by atoms with van der Waals surface area (Å²) in [4.78, 5) is 18.0. The fourth-order valence-corrected chi connectivity index (χ4v) is 4.01. The smallest absolute Gasteiger partial charge is 0.275 e. The molecule has 0 aliphatic carbocycles. The van der Waals surface area contributed by atoms with Crippen LogP contribution in [0.25, 0.3) is 4.96 Å². The molecule has 0 N–H and O–H groups in total. The monoisotopic (exact) mass is 349 g/mol. The highest BCUT2D eigenvalue weighted by atomic mass is 32.2. The van der Waals surface area contributed by atoms with Gasteiger partial charge in [-0.2, -0.15) is 4.52 Å². The van der Waals surface area contributed by atoms with Crippen LogP contribution in [-0.4, -0.2) is 28.8 Å². The Hall–Kier alpha value is -2.06. The number of aryl methyl sites for hydroxylation is 1. The van der Waals surface area contributed by atoms with Crippen LogP contribution in [0.2, 0.25) is 0 Å². The summed E-state index contributed by atoms with van der Waals surface area (Å²) in [6.45, 7) is 1.97. The zero-order valence-corrected chi connectivity index (χ0v) is 14.5. The number of benzene rings is 1. The largest absolute Gasteiger partial charge is 0.493 e. The van der Waals surface area contributed by atoms with Gasteiger partial charge in [-0.15, -0.1) is 5.10 Å². The molecule has 0 saturated carbocycles. The third-order valence-corrected chi connectivity index (χ3v) is 5.15. The van der Waals surface area contributed by atoms with Crippen molar-refractivity contribution in [2.24, 2.45) is 0 Å². The highest BCUT2D eigenvalue weighted by Gasteiger charge is 2.11. The second kappa shape index (κ2) is 6.59. The Kier molecular flexibility index (Phi) is 4.53. The lowest BCUT2D eigenvalue weighted by Crippen LogP contribution is -2.14. The standard InChI is InChI=1S/C15H15N3O3S2/c1-4-9-7-13(19)18-14(16-9)23-15(17-18)22-10-5-6-11(20-2)12(8-10)21-3/h5-8H,4H2,1-3H3. The van der Waals surface area contributed by atoms with Gasteiger partial charge in [0.15, 0.2) is 15.8 Å². The summed E-state index contributed by atoms with van der Waals surface area (Å²) in [6, 6.07) is 7.17. The van der Waals surface area contributed by atoms with Crippen LogP contribution in [0, 0.1) is 0 Å². The Bertz CT molecular complexity index is 905. The zero-order chi connectivity index (χ0) is 16.4. The van der Waals surface area contributed by atoms with Crippen molar-refractivity contribution in [3.05, 3.63) is 40.3 Å². The fourth-order valence-electron chi connectivity index (χ4n) is 2.04. The molecule has 6 nitrogen and oxygen atoms in total. The molecule has 2 heterocycles. The maximum atomic E-state index is 12.0. The first kappa shape index (κ1) is 15.8. The molecule has 8 heteroatoms. The average Bonchev–Trinajstić information content (AvgIpc) is 2.97. The van der Waals surface area contributed by atoms with Gasteiger partial charge in [0.2, 0.25) is 4.96 Å². The van der Waals surface area contributed by atoms with Crippen molar-refractivity contribution in [2.75, 3.05) is 14.2 Å². The molecule has 0 radical (unpaired) electrons. The topological polar surface area (TPSA) is 65.7 Å². The molecule has 0 aliphatic heterocycles. The number of methoxy groups -OCH3 is 2. The Labute approximate surface area is 141 Å². The second-order valence-corrected chi connectivity index (χ2v) is 6.90. The maximum absolute atomic E-state index is 12.0. The van der Waals surface area contributed by atoms with Crippen molar-refractivity contribution < 1.29 is 9.47 Å². The van der Waals surface area contributed by atoms with Crippen molar-refractivity contribution in [1.82, 2.24) is 14.6 Å². The number of ether oxygens (including phenoxy) is 2. The van der Waals surface area contributed by atoms with Gasteiger partial charge in [0.1, 0.15) is 0 Å². The van der Waals surface area contributed by atoms with E-state index in [-0.39, 0.29) is 5.56 Å². The summed E-state index contributed by atoms with van der Waals surface area (Å²) in [5, 5.41) is 4.33. The van der Waals surface area contributed by atoms with E-state index < -0.39 is 0 Å². The van der Waals surface area contributed by atoms with Gasteiger partial charge in [0.25, 0.3) is 5.56 Å². The first-order valence-electron chi connectivity index (χ1n) is 6.94. The number of nitrogens with zero attached hydrogens (tertiary/aromatic N) is 3. The van der Waals surface area contributed by atoms with Crippen LogP contribution in [-0.2, 0) is 6.42 Å². The van der Waals surface area contributed by atoms with Gasteiger partial charge in [-0.25, -0.2) is 4.98 Å². The molecule has 2 aromatic heterocycles. The van der Waals surface area contributed by atoms with Gasteiger partial charge in [-0.05, 0) is 24.6 Å². The predicted molar refractivity (Wildman–Crippen MR) is 90.2 cm³/mol. The highest BCUT2D eigenvalue weighted by molar-refractivity contribution is 8.01. The molecule has 0 aliphatic rings. The van der Waals surface area contributed by atoms with E-state index in [0.29, 0.717) is 16.5 Å². The summed E-state index contributed by atoms with van der Waals surface area (Å²) < 4.78 is 12.6. The van der Waals surface area contributed by atoms with Crippen LogP contribution in [0.3, 0.4) is 0 Å². The minimum atomic E-state index is -0.151. The molecular formula is C15H15N3O3S2. The van der Waals surface area contributed by atoms with Crippen molar-refractivity contribution in [3.8, 4) is 11.5 Å². The van der Waals surface area contributed by atoms with Crippen LogP contribution in [0.15, 0.2) is 38.3 Å². The van der Waals surface area contributed by atoms with E-state index in [9.17, 15) is 4.79 Å². The summed E-state index contributed by atoms with van der Waals surface area (Å²) in [6.07, 6.45) is 0.724. The Balaban J connectivity index is 1.95. The first-order valence-corrected chi connectivity index (χ1v) is 8.57.